The van der Waals surface area contributed by atoms with E-state index in [0.29, 0.717) is 0 Å². The second-order valence-corrected chi connectivity index (χ2v) is 5.64. The minimum absolute atomic E-state index is 1.03. The lowest BCUT2D eigenvalue weighted by Gasteiger charge is -2.10. The Labute approximate surface area is 124 Å². The summed E-state index contributed by atoms with van der Waals surface area (Å²) in [5.41, 5.74) is 6.43. The van der Waals surface area contributed by atoms with Gasteiger partial charge in [0.1, 0.15) is 0 Å². The topological polar surface area (TPSA) is 7.76 Å². The smallest absolute Gasteiger partial charge is 0.187 e. The van der Waals surface area contributed by atoms with E-state index in [4.69, 9.17) is 0 Å². The molecule has 102 valence electrons. The zero-order valence-corrected chi connectivity index (χ0v) is 12.2. The van der Waals surface area contributed by atoms with Gasteiger partial charge in [0.15, 0.2) is 12.4 Å². The highest BCUT2D eigenvalue weighted by molar-refractivity contribution is 5.67. The molecule has 0 fully saturated rings. The first-order valence-electron chi connectivity index (χ1n) is 7.41. The Morgan fingerprint density at radius 1 is 0.714 bits per heavy atom. The highest BCUT2D eigenvalue weighted by Gasteiger charge is 2.28. The molecule has 2 nitrogen and oxygen atoms in total. The normalized spacial score (nSPS) is 12.6. The number of pyridine rings is 2. The number of hydrogen-bond donors (Lipinski definition) is 0. The van der Waals surface area contributed by atoms with Crippen LogP contribution in [0.2, 0.25) is 0 Å². The number of benzene rings is 1. The average molecular weight is 274 g/mol. The van der Waals surface area contributed by atoms with Gasteiger partial charge in [-0.25, -0.2) is 0 Å². The molecule has 0 atom stereocenters. The van der Waals surface area contributed by atoms with Crippen LogP contribution < -0.4 is 9.13 Å². The van der Waals surface area contributed by atoms with E-state index in [0.717, 1.165) is 13.1 Å². The van der Waals surface area contributed by atoms with E-state index in [1.807, 2.05) is 0 Å². The zero-order valence-electron chi connectivity index (χ0n) is 12.2. The fourth-order valence-corrected chi connectivity index (χ4v) is 2.99. The lowest BCUT2D eigenvalue weighted by molar-refractivity contribution is -0.794. The molecule has 0 spiro atoms. The molecule has 0 saturated carbocycles. The summed E-state index contributed by atoms with van der Waals surface area (Å²) in [6.07, 6.45) is 4.37. The minimum Gasteiger partial charge on any atom is -0.187 e. The van der Waals surface area contributed by atoms with E-state index in [-0.39, 0.29) is 0 Å². The van der Waals surface area contributed by atoms with E-state index >= 15 is 0 Å². The molecule has 0 aliphatic carbocycles. The summed E-state index contributed by atoms with van der Waals surface area (Å²) in [6, 6.07) is 19.7. The molecule has 3 aromatic rings. The van der Waals surface area contributed by atoms with E-state index in [9.17, 15) is 0 Å². The van der Waals surface area contributed by atoms with Gasteiger partial charge in [0.05, 0.1) is 0 Å². The molecular weight excluding hydrogens is 256 g/mol. The van der Waals surface area contributed by atoms with Gasteiger partial charge in [0, 0.05) is 24.3 Å². The van der Waals surface area contributed by atoms with E-state index < -0.39 is 0 Å². The van der Waals surface area contributed by atoms with Crippen LogP contribution in [0.4, 0.5) is 0 Å². The molecule has 0 unspecified atom stereocenters. The Balaban J connectivity index is 1.86. The molecule has 2 heteroatoms. The molecule has 0 N–H and O–H groups in total. The summed E-state index contributed by atoms with van der Waals surface area (Å²) in [5, 5.41) is 0. The average Bonchev–Trinajstić information content (AvgIpc) is 2.55. The summed E-state index contributed by atoms with van der Waals surface area (Å²) < 4.78 is 4.67. The third-order valence-electron chi connectivity index (χ3n) is 4.21. The maximum absolute atomic E-state index is 2.34. The number of hydrogen-bond acceptors (Lipinski definition) is 0. The van der Waals surface area contributed by atoms with Crippen molar-refractivity contribution in [1.82, 2.24) is 0 Å². The number of nitrogens with zero attached hydrogens (tertiary/aromatic N) is 2. The Bertz CT molecular complexity index is 804. The highest BCUT2D eigenvalue weighted by Crippen LogP contribution is 2.23. The SMILES string of the molecule is Cc1ccc(-c2cc[n+]3c(c2)-c2cccc[n+]2CC3)cc1. The highest BCUT2D eigenvalue weighted by atomic mass is 15.1. The van der Waals surface area contributed by atoms with Crippen molar-refractivity contribution in [3.05, 3.63) is 72.6 Å². The molecule has 21 heavy (non-hydrogen) atoms. The first-order chi connectivity index (χ1) is 10.3. The second kappa shape index (κ2) is 4.81. The number of rotatable bonds is 1. The number of aryl methyl sites for hydroxylation is 3. The summed E-state index contributed by atoms with van der Waals surface area (Å²) in [7, 11) is 0. The van der Waals surface area contributed by atoms with Crippen LogP contribution in [0.5, 0.6) is 0 Å². The number of fused-ring (bicyclic) bond motifs is 3. The Morgan fingerprint density at radius 2 is 1.48 bits per heavy atom. The van der Waals surface area contributed by atoms with Gasteiger partial charge in [-0.15, -0.1) is 0 Å². The van der Waals surface area contributed by atoms with Crippen molar-refractivity contribution >= 4 is 0 Å². The van der Waals surface area contributed by atoms with E-state index in [1.165, 1.54) is 28.1 Å². The third-order valence-corrected chi connectivity index (χ3v) is 4.21. The van der Waals surface area contributed by atoms with Crippen LogP contribution in [0.3, 0.4) is 0 Å². The Kier molecular flexibility index (Phi) is 2.81. The van der Waals surface area contributed by atoms with Crippen molar-refractivity contribution in [2.24, 2.45) is 0 Å². The Morgan fingerprint density at radius 3 is 2.29 bits per heavy atom. The fourth-order valence-electron chi connectivity index (χ4n) is 2.99. The van der Waals surface area contributed by atoms with E-state index in [2.05, 4.69) is 83.0 Å². The van der Waals surface area contributed by atoms with Crippen molar-refractivity contribution in [3.63, 3.8) is 0 Å². The van der Waals surface area contributed by atoms with Crippen LogP contribution in [0.1, 0.15) is 5.56 Å². The summed E-state index contributed by atoms with van der Waals surface area (Å²) in [6.45, 7) is 4.20. The standard InChI is InChI=1S/C19H18N2/c1-15-5-7-16(8-6-15)17-9-11-21-13-12-20-10-3-2-4-18(20)19(21)14-17/h2-11,14H,12-13H2,1H3/q+2. The lowest BCUT2D eigenvalue weighted by Crippen LogP contribution is -2.52. The van der Waals surface area contributed by atoms with Gasteiger partial charge in [-0.3, -0.25) is 0 Å². The van der Waals surface area contributed by atoms with Crippen LogP contribution in [0.15, 0.2) is 67.0 Å². The van der Waals surface area contributed by atoms with E-state index in [1.54, 1.807) is 0 Å². The van der Waals surface area contributed by atoms with Gasteiger partial charge >= 0.3 is 0 Å². The van der Waals surface area contributed by atoms with Gasteiger partial charge < -0.3 is 0 Å². The first-order valence-corrected chi connectivity index (χ1v) is 7.41. The molecule has 2 aromatic heterocycles. The van der Waals surface area contributed by atoms with Crippen molar-refractivity contribution in [2.45, 2.75) is 20.0 Å². The molecule has 3 heterocycles. The van der Waals surface area contributed by atoms with Crippen molar-refractivity contribution in [1.29, 1.82) is 0 Å². The second-order valence-electron chi connectivity index (χ2n) is 5.64. The predicted molar refractivity (Wildman–Crippen MR) is 82.4 cm³/mol. The monoisotopic (exact) mass is 274 g/mol. The van der Waals surface area contributed by atoms with Crippen molar-refractivity contribution in [3.8, 4) is 22.5 Å². The molecule has 0 bridgehead atoms. The maximum atomic E-state index is 2.34. The summed E-state index contributed by atoms with van der Waals surface area (Å²) in [5.74, 6) is 0. The van der Waals surface area contributed by atoms with Gasteiger partial charge in [-0.1, -0.05) is 29.8 Å². The number of aromatic nitrogens is 2. The molecular formula is C19H18N2+2. The summed E-state index contributed by atoms with van der Waals surface area (Å²) >= 11 is 0. The van der Waals surface area contributed by atoms with Crippen LogP contribution in [0, 0.1) is 6.92 Å². The summed E-state index contributed by atoms with van der Waals surface area (Å²) in [4.78, 5) is 0. The third kappa shape index (κ3) is 2.13. The van der Waals surface area contributed by atoms with Gasteiger partial charge in [-0.05, 0) is 24.1 Å². The van der Waals surface area contributed by atoms with Crippen LogP contribution in [0.25, 0.3) is 22.5 Å². The van der Waals surface area contributed by atoms with Crippen molar-refractivity contribution < 1.29 is 9.13 Å². The molecule has 1 aliphatic rings. The van der Waals surface area contributed by atoms with Gasteiger partial charge in [0.2, 0.25) is 13.1 Å². The molecule has 0 radical (unpaired) electrons. The van der Waals surface area contributed by atoms with Gasteiger partial charge in [-0.2, -0.15) is 9.13 Å². The van der Waals surface area contributed by atoms with Gasteiger partial charge in [0.25, 0.3) is 11.4 Å². The lowest BCUT2D eigenvalue weighted by atomic mass is 10.0. The first kappa shape index (κ1) is 12.3. The molecule has 0 saturated heterocycles. The fraction of sp³-hybridized carbons (Fsp3) is 0.158. The van der Waals surface area contributed by atoms with Crippen molar-refractivity contribution in [2.75, 3.05) is 0 Å². The molecule has 1 aromatic carbocycles. The molecule has 1 aliphatic heterocycles. The van der Waals surface area contributed by atoms with Crippen LogP contribution >= 0.6 is 0 Å². The van der Waals surface area contributed by atoms with Crippen LogP contribution in [-0.2, 0) is 13.1 Å². The quantitative estimate of drug-likeness (QED) is 0.603. The Hall–Kier alpha value is -2.48. The molecule has 4 rings (SSSR count). The maximum Gasteiger partial charge on any atom is 0.278 e. The zero-order chi connectivity index (χ0) is 14.2. The largest absolute Gasteiger partial charge is 0.278 e. The predicted octanol–water partition coefficient (Wildman–Crippen LogP) is 2.92. The molecule has 0 amide bonds. The minimum atomic E-state index is 1.03. The van der Waals surface area contributed by atoms with Crippen LogP contribution in [-0.4, -0.2) is 0 Å².